The Morgan fingerprint density at radius 1 is 1.24 bits per heavy atom. The van der Waals surface area contributed by atoms with Crippen molar-refractivity contribution in [2.75, 3.05) is 29.5 Å². The molecule has 1 fully saturated rings. The SMILES string of the molecule is CCN(C(=O)CN(C(C)=O)c1cccc(C)c1C)C1CCS(=O)(=O)C1. The van der Waals surface area contributed by atoms with Crippen LogP contribution in [0.25, 0.3) is 0 Å². The second kappa shape index (κ2) is 7.56. The number of aryl methyl sites for hydroxylation is 1. The zero-order valence-electron chi connectivity index (χ0n) is 15.3. The van der Waals surface area contributed by atoms with Gasteiger partial charge in [0.25, 0.3) is 0 Å². The number of benzene rings is 1. The molecule has 1 unspecified atom stereocenters. The summed E-state index contributed by atoms with van der Waals surface area (Å²) in [6, 6.07) is 5.35. The molecular formula is C18H26N2O4S. The molecule has 1 saturated heterocycles. The molecule has 0 saturated carbocycles. The van der Waals surface area contributed by atoms with Gasteiger partial charge < -0.3 is 9.80 Å². The van der Waals surface area contributed by atoms with Crippen LogP contribution in [0.3, 0.4) is 0 Å². The average Bonchev–Trinajstić information content (AvgIpc) is 2.88. The third kappa shape index (κ3) is 4.39. The maximum atomic E-state index is 12.8. The fourth-order valence-corrected chi connectivity index (χ4v) is 5.01. The first kappa shape index (κ1) is 19.4. The van der Waals surface area contributed by atoms with Gasteiger partial charge in [-0.05, 0) is 44.4 Å². The summed E-state index contributed by atoms with van der Waals surface area (Å²) >= 11 is 0. The molecule has 1 aromatic rings. The summed E-state index contributed by atoms with van der Waals surface area (Å²) in [4.78, 5) is 28.0. The van der Waals surface area contributed by atoms with Crippen LogP contribution >= 0.6 is 0 Å². The Morgan fingerprint density at radius 3 is 2.44 bits per heavy atom. The van der Waals surface area contributed by atoms with Crippen molar-refractivity contribution in [1.29, 1.82) is 0 Å². The molecule has 25 heavy (non-hydrogen) atoms. The molecule has 0 radical (unpaired) electrons. The van der Waals surface area contributed by atoms with Crippen LogP contribution in [0.2, 0.25) is 0 Å². The van der Waals surface area contributed by atoms with Crippen LogP contribution in [0.1, 0.15) is 31.4 Å². The Bertz CT molecular complexity index is 773. The molecule has 0 spiro atoms. The topological polar surface area (TPSA) is 74.8 Å². The van der Waals surface area contributed by atoms with Gasteiger partial charge in [-0.15, -0.1) is 0 Å². The van der Waals surface area contributed by atoms with Crippen molar-refractivity contribution in [2.24, 2.45) is 0 Å². The molecule has 1 atom stereocenters. The Morgan fingerprint density at radius 2 is 1.92 bits per heavy atom. The normalized spacial score (nSPS) is 18.8. The van der Waals surface area contributed by atoms with Crippen LogP contribution in [-0.4, -0.2) is 55.8 Å². The maximum absolute atomic E-state index is 12.8. The van der Waals surface area contributed by atoms with Gasteiger partial charge in [0.2, 0.25) is 11.8 Å². The lowest BCUT2D eigenvalue weighted by atomic mass is 10.1. The van der Waals surface area contributed by atoms with E-state index in [0.717, 1.165) is 16.8 Å². The van der Waals surface area contributed by atoms with Crippen molar-refractivity contribution in [1.82, 2.24) is 4.90 Å². The lowest BCUT2D eigenvalue weighted by molar-refractivity contribution is -0.132. The molecule has 0 aliphatic carbocycles. The van der Waals surface area contributed by atoms with E-state index < -0.39 is 9.84 Å². The summed E-state index contributed by atoms with van der Waals surface area (Å²) in [6.45, 7) is 7.50. The number of likely N-dealkylation sites (N-methyl/N-ethyl adjacent to an activating group) is 1. The number of nitrogens with zero attached hydrogens (tertiary/aromatic N) is 2. The van der Waals surface area contributed by atoms with E-state index in [9.17, 15) is 18.0 Å². The first-order chi connectivity index (χ1) is 11.7. The number of anilines is 1. The highest BCUT2D eigenvalue weighted by Gasteiger charge is 2.34. The molecule has 2 amide bonds. The maximum Gasteiger partial charge on any atom is 0.242 e. The summed E-state index contributed by atoms with van der Waals surface area (Å²) in [5, 5.41) is 0. The number of rotatable bonds is 5. The third-order valence-electron chi connectivity index (χ3n) is 4.85. The van der Waals surface area contributed by atoms with E-state index in [1.807, 2.05) is 39.0 Å². The highest BCUT2D eigenvalue weighted by atomic mass is 32.2. The molecular weight excluding hydrogens is 340 g/mol. The first-order valence-electron chi connectivity index (χ1n) is 8.50. The lowest BCUT2D eigenvalue weighted by Crippen LogP contribution is -2.47. The molecule has 1 aliphatic heterocycles. The van der Waals surface area contributed by atoms with E-state index in [1.165, 1.54) is 11.8 Å². The van der Waals surface area contributed by atoms with Crippen LogP contribution in [0.15, 0.2) is 18.2 Å². The van der Waals surface area contributed by atoms with Gasteiger partial charge in [0, 0.05) is 25.2 Å². The van der Waals surface area contributed by atoms with Crippen LogP contribution in [-0.2, 0) is 19.4 Å². The highest BCUT2D eigenvalue weighted by molar-refractivity contribution is 7.91. The molecule has 1 heterocycles. The zero-order valence-corrected chi connectivity index (χ0v) is 16.1. The molecule has 1 aliphatic rings. The van der Waals surface area contributed by atoms with E-state index in [0.29, 0.717) is 13.0 Å². The first-order valence-corrected chi connectivity index (χ1v) is 10.3. The van der Waals surface area contributed by atoms with E-state index in [4.69, 9.17) is 0 Å². The van der Waals surface area contributed by atoms with Crippen molar-refractivity contribution in [3.05, 3.63) is 29.3 Å². The second-order valence-electron chi connectivity index (χ2n) is 6.56. The molecule has 1 aromatic carbocycles. The lowest BCUT2D eigenvalue weighted by Gasteiger charge is -2.30. The van der Waals surface area contributed by atoms with Gasteiger partial charge in [0.15, 0.2) is 9.84 Å². The van der Waals surface area contributed by atoms with Crippen molar-refractivity contribution in [2.45, 2.75) is 40.2 Å². The van der Waals surface area contributed by atoms with Crippen molar-refractivity contribution in [3.8, 4) is 0 Å². The predicted octanol–water partition coefficient (Wildman–Crippen LogP) is 1.69. The monoisotopic (exact) mass is 366 g/mol. The highest BCUT2D eigenvalue weighted by Crippen LogP contribution is 2.24. The minimum Gasteiger partial charge on any atom is -0.337 e. The van der Waals surface area contributed by atoms with Crippen LogP contribution in [0.4, 0.5) is 5.69 Å². The Balaban J connectivity index is 2.22. The second-order valence-corrected chi connectivity index (χ2v) is 8.79. The number of amides is 2. The number of hydrogen-bond acceptors (Lipinski definition) is 4. The Labute approximate surface area is 149 Å². The van der Waals surface area contributed by atoms with E-state index in [-0.39, 0.29) is 35.9 Å². The van der Waals surface area contributed by atoms with E-state index in [1.54, 1.807) is 4.90 Å². The minimum atomic E-state index is -3.07. The standard InChI is InChI=1S/C18H26N2O4S/c1-5-19(16-9-10-25(23,24)12-16)18(22)11-20(15(4)21)17-8-6-7-13(2)14(17)3/h6-8,16H,5,9-12H2,1-4H3. The summed E-state index contributed by atoms with van der Waals surface area (Å²) in [7, 11) is -3.07. The van der Waals surface area contributed by atoms with Gasteiger partial charge in [-0.2, -0.15) is 0 Å². The fourth-order valence-electron chi connectivity index (χ4n) is 3.28. The zero-order chi connectivity index (χ0) is 18.8. The number of sulfone groups is 1. The smallest absolute Gasteiger partial charge is 0.242 e. The van der Waals surface area contributed by atoms with Crippen molar-refractivity contribution >= 4 is 27.3 Å². The Hall–Kier alpha value is -1.89. The van der Waals surface area contributed by atoms with Crippen LogP contribution < -0.4 is 4.90 Å². The number of carbonyl (C=O) groups is 2. The molecule has 0 aromatic heterocycles. The third-order valence-corrected chi connectivity index (χ3v) is 6.60. The quantitative estimate of drug-likeness (QED) is 0.795. The average molecular weight is 366 g/mol. The van der Waals surface area contributed by atoms with Gasteiger partial charge in [-0.3, -0.25) is 9.59 Å². The van der Waals surface area contributed by atoms with Crippen molar-refractivity contribution in [3.63, 3.8) is 0 Å². The Kier molecular flexibility index (Phi) is 5.87. The molecule has 7 heteroatoms. The van der Waals surface area contributed by atoms with E-state index >= 15 is 0 Å². The van der Waals surface area contributed by atoms with Gasteiger partial charge >= 0.3 is 0 Å². The molecule has 0 bridgehead atoms. The summed E-state index contributed by atoms with van der Waals surface area (Å²) in [5.74, 6) is -0.303. The molecule has 6 nitrogen and oxygen atoms in total. The summed E-state index contributed by atoms with van der Waals surface area (Å²) in [5.41, 5.74) is 2.72. The molecule has 2 rings (SSSR count). The van der Waals surface area contributed by atoms with Crippen molar-refractivity contribution < 1.29 is 18.0 Å². The van der Waals surface area contributed by atoms with Gasteiger partial charge in [-0.1, -0.05) is 12.1 Å². The summed E-state index contributed by atoms with van der Waals surface area (Å²) < 4.78 is 23.4. The van der Waals surface area contributed by atoms with Gasteiger partial charge in [-0.25, -0.2) is 8.42 Å². The largest absolute Gasteiger partial charge is 0.337 e. The summed E-state index contributed by atoms with van der Waals surface area (Å²) in [6.07, 6.45) is 0.464. The number of hydrogen-bond donors (Lipinski definition) is 0. The van der Waals surface area contributed by atoms with E-state index in [2.05, 4.69) is 0 Å². The predicted molar refractivity (Wildman–Crippen MR) is 98.4 cm³/mol. The van der Waals surface area contributed by atoms with Gasteiger partial charge in [0.05, 0.1) is 11.5 Å². The molecule has 138 valence electrons. The fraction of sp³-hybridized carbons (Fsp3) is 0.556. The van der Waals surface area contributed by atoms with Crippen LogP contribution in [0.5, 0.6) is 0 Å². The van der Waals surface area contributed by atoms with Crippen LogP contribution in [0, 0.1) is 13.8 Å². The van der Waals surface area contributed by atoms with Gasteiger partial charge in [0.1, 0.15) is 6.54 Å². The minimum absolute atomic E-state index is 0.0100. The number of carbonyl (C=O) groups excluding carboxylic acids is 2. The molecule has 0 N–H and O–H groups in total.